The number of nitrogens with zero attached hydrogens (tertiary/aromatic N) is 5. The number of nitrogen functional groups attached to an aromatic ring is 1. The van der Waals surface area contributed by atoms with Crippen molar-refractivity contribution in [2.75, 3.05) is 35.6 Å². The second kappa shape index (κ2) is 7.36. The third-order valence-electron chi connectivity index (χ3n) is 4.18. The minimum atomic E-state index is -2.78. The van der Waals surface area contributed by atoms with E-state index in [1.165, 1.54) is 4.90 Å². The SMILES string of the molecule is Cc1nonc1CNc1nc(OCC(C)(C)C)nc(N2CCC(F)(F)C2)c1N. The summed E-state index contributed by atoms with van der Waals surface area (Å²) in [5.74, 6) is -2.26. The average molecular weight is 397 g/mol. The normalized spacial score (nSPS) is 16.4. The van der Waals surface area contributed by atoms with Crippen molar-refractivity contribution in [1.82, 2.24) is 20.3 Å². The van der Waals surface area contributed by atoms with E-state index in [-0.39, 0.29) is 48.3 Å². The van der Waals surface area contributed by atoms with Crippen molar-refractivity contribution < 1.29 is 18.1 Å². The molecule has 9 nitrogen and oxygen atoms in total. The lowest BCUT2D eigenvalue weighted by Gasteiger charge is -2.23. The monoisotopic (exact) mass is 397 g/mol. The van der Waals surface area contributed by atoms with Crippen LogP contribution in [-0.4, -0.2) is 45.9 Å². The number of nitrogens with two attached hydrogens (primary N) is 1. The van der Waals surface area contributed by atoms with E-state index in [1.54, 1.807) is 6.92 Å². The number of anilines is 3. The van der Waals surface area contributed by atoms with Crippen molar-refractivity contribution in [3.63, 3.8) is 0 Å². The molecule has 0 aromatic carbocycles. The Morgan fingerprint density at radius 1 is 1.29 bits per heavy atom. The van der Waals surface area contributed by atoms with E-state index >= 15 is 0 Å². The zero-order chi connectivity index (χ0) is 20.5. The maximum absolute atomic E-state index is 13.7. The molecule has 28 heavy (non-hydrogen) atoms. The van der Waals surface area contributed by atoms with E-state index in [9.17, 15) is 8.78 Å². The minimum Gasteiger partial charge on any atom is -0.463 e. The van der Waals surface area contributed by atoms with Gasteiger partial charge in [0.25, 0.3) is 5.92 Å². The van der Waals surface area contributed by atoms with Gasteiger partial charge in [0.1, 0.15) is 17.1 Å². The first kappa shape index (κ1) is 20.0. The van der Waals surface area contributed by atoms with Gasteiger partial charge in [-0.15, -0.1) is 0 Å². The number of aromatic nitrogens is 4. The zero-order valence-corrected chi connectivity index (χ0v) is 16.4. The molecule has 3 heterocycles. The summed E-state index contributed by atoms with van der Waals surface area (Å²) in [6, 6.07) is 0.0758. The first-order valence-corrected chi connectivity index (χ1v) is 8.99. The molecule has 0 saturated carbocycles. The molecule has 2 aromatic heterocycles. The van der Waals surface area contributed by atoms with E-state index in [0.717, 1.165) is 0 Å². The summed E-state index contributed by atoms with van der Waals surface area (Å²) in [4.78, 5) is 10.1. The van der Waals surface area contributed by atoms with Gasteiger partial charge in [0, 0.05) is 13.0 Å². The average Bonchev–Trinajstić information content (AvgIpc) is 3.17. The Bertz CT molecular complexity index is 835. The summed E-state index contributed by atoms with van der Waals surface area (Å²) in [7, 11) is 0. The summed E-state index contributed by atoms with van der Waals surface area (Å²) in [5, 5.41) is 10.6. The van der Waals surface area contributed by atoms with Crippen LogP contribution >= 0.6 is 0 Å². The fraction of sp³-hybridized carbons (Fsp3) is 0.647. The van der Waals surface area contributed by atoms with Crippen molar-refractivity contribution >= 4 is 17.3 Å². The smallest absolute Gasteiger partial charge is 0.320 e. The predicted molar refractivity (Wildman–Crippen MR) is 99.5 cm³/mol. The lowest BCUT2D eigenvalue weighted by Crippen LogP contribution is -2.27. The topological polar surface area (TPSA) is 115 Å². The Balaban J connectivity index is 1.88. The maximum atomic E-state index is 13.7. The fourth-order valence-electron chi connectivity index (χ4n) is 2.65. The van der Waals surface area contributed by atoms with Gasteiger partial charge >= 0.3 is 6.01 Å². The summed E-state index contributed by atoms with van der Waals surface area (Å²) >= 11 is 0. The van der Waals surface area contributed by atoms with Crippen LogP contribution in [0, 0.1) is 12.3 Å². The summed E-state index contributed by atoms with van der Waals surface area (Å²) in [5.41, 5.74) is 7.46. The first-order valence-electron chi connectivity index (χ1n) is 8.99. The fourth-order valence-corrected chi connectivity index (χ4v) is 2.65. The van der Waals surface area contributed by atoms with Gasteiger partial charge in [-0.3, -0.25) is 0 Å². The highest BCUT2D eigenvalue weighted by molar-refractivity contribution is 5.76. The van der Waals surface area contributed by atoms with Gasteiger partial charge in [0.05, 0.1) is 19.7 Å². The molecule has 3 N–H and O–H groups in total. The van der Waals surface area contributed by atoms with Crippen LogP contribution in [0.3, 0.4) is 0 Å². The molecule has 1 fully saturated rings. The molecule has 0 atom stereocenters. The molecule has 1 aliphatic heterocycles. The highest BCUT2D eigenvalue weighted by Gasteiger charge is 2.40. The molecule has 11 heteroatoms. The molecule has 3 rings (SSSR count). The maximum Gasteiger partial charge on any atom is 0.320 e. The Kier molecular flexibility index (Phi) is 5.26. The first-order chi connectivity index (χ1) is 13.0. The molecule has 0 bridgehead atoms. The van der Waals surface area contributed by atoms with E-state index in [2.05, 4.69) is 30.2 Å². The predicted octanol–water partition coefficient (Wildman–Crippen LogP) is 2.63. The molecular formula is C17H25F2N7O2. The van der Waals surface area contributed by atoms with Crippen molar-refractivity contribution in [2.24, 2.45) is 5.41 Å². The molecule has 2 aromatic rings. The second-order valence-corrected chi connectivity index (χ2v) is 8.12. The number of hydrogen-bond acceptors (Lipinski definition) is 9. The summed E-state index contributed by atoms with van der Waals surface area (Å²) in [6.07, 6.45) is -0.249. The third kappa shape index (κ3) is 4.76. The largest absolute Gasteiger partial charge is 0.463 e. The van der Waals surface area contributed by atoms with Crippen molar-refractivity contribution in [1.29, 1.82) is 0 Å². The van der Waals surface area contributed by atoms with E-state index in [4.69, 9.17) is 10.5 Å². The van der Waals surface area contributed by atoms with Gasteiger partial charge in [0.2, 0.25) is 0 Å². The van der Waals surface area contributed by atoms with Crippen molar-refractivity contribution in [2.45, 2.75) is 46.6 Å². The van der Waals surface area contributed by atoms with Crippen LogP contribution in [0.1, 0.15) is 38.6 Å². The Morgan fingerprint density at radius 2 is 2.04 bits per heavy atom. The standard InChI is InChI=1S/C17H25F2N7O2/c1-10-11(25-28-24-10)7-21-13-12(20)14(26-6-5-17(18,19)8-26)23-15(22-13)27-9-16(2,3)4/h5-9,20H2,1-4H3,(H,21,22,23). The Labute approximate surface area is 161 Å². The molecule has 0 unspecified atom stereocenters. The van der Waals surface area contributed by atoms with Gasteiger partial charge in [-0.25, -0.2) is 13.4 Å². The quantitative estimate of drug-likeness (QED) is 0.759. The number of aryl methyl sites for hydroxylation is 1. The van der Waals surface area contributed by atoms with E-state index in [0.29, 0.717) is 18.0 Å². The molecule has 0 radical (unpaired) electrons. The van der Waals surface area contributed by atoms with Gasteiger partial charge in [-0.1, -0.05) is 31.1 Å². The van der Waals surface area contributed by atoms with Gasteiger partial charge < -0.3 is 20.7 Å². The van der Waals surface area contributed by atoms with Crippen LogP contribution in [0.4, 0.5) is 26.1 Å². The summed E-state index contributed by atoms with van der Waals surface area (Å²) in [6.45, 7) is 8.09. The summed E-state index contributed by atoms with van der Waals surface area (Å²) < 4.78 is 37.8. The van der Waals surface area contributed by atoms with E-state index < -0.39 is 12.5 Å². The number of ether oxygens (including phenoxy) is 1. The third-order valence-corrected chi connectivity index (χ3v) is 4.18. The minimum absolute atomic E-state index is 0.0758. The number of hydrogen-bond donors (Lipinski definition) is 2. The molecule has 154 valence electrons. The number of rotatable bonds is 6. The number of nitrogens with one attached hydrogen (secondary N) is 1. The zero-order valence-electron chi connectivity index (χ0n) is 16.4. The lowest BCUT2D eigenvalue weighted by molar-refractivity contribution is 0.0256. The lowest BCUT2D eigenvalue weighted by atomic mass is 9.99. The van der Waals surface area contributed by atoms with Crippen molar-refractivity contribution in [3.8, 4) is 6.01 Å². The van der Waals surface area contributed by atoms with Gasteiger partial charge in [-0.2, -0.15) is 9.97 Å². The van der Waals surface area contributed by atoms with Gasteiger partial charge in [-0.05, 0) is 12.3 Å². The highest BCUT2D eigenvalue weighted by Crippen LogP contribution is 2.36. The van der Waals surface area contributed by atoms with Crippen LogP contribution in [0.15, 0.2) is 4.63 Å². The Hall–Kier alpha value is -2.72. The highest BCUT2D eigenvalue weighted by atomic mass is 19.3. The van der Waals surface area contributed by atoms with Crippen LogP contribution in [0.5, 0.6) is 6.01 Å². The number of alkyl halides is 2. The second-order valence-electron chi connectivity index (χ2n) is 8.12. The van der Waals surface area contributed by atoms with E-state index in [1.807, 2.05) is 20.8 Å². The van der Waals surface area contributed by atoms with Crippen molar-refractivity contribution in [3.05, 3.63) is 11.4 Å². The molecule has 0 amide bonds. The van der Waals surface area contributed by atoms with Crippen LogP contribution in [-0.2, 0) is 6.54 Å². The van der Waals surface area contributed by atoms with Crippen LogP contribution in [0.25, 0.3) is 0 Å². The molecule has 1 saturated heterocycles. The molecule has 1 aliphatic rings. The van der Waals surface area contributed by atoms with Crippen LogP contribution in [0.2, 0.25) is 0 Å². The number of halogens is 2. The van der Waals surface area contributed by atoms with Crippen LogP contribution < -0.4 is 20.7 Å². The molecule has 0 spiro atoms. The molecule has 0 aliphatic carbocycles. The molecular weight excluding hydrogens is 372 g/mol. The van der Waals surface area contributed by atoms with Gasteiger partial charge in [0.15, 0.2) is 11.6 Å². The Morgan fingerprint density at radius 3 is 2.61 bits per heavy atom.